The van der Waals surface area contributed by atoms with Gasteiger partial charge >= 0.3 is 11.9 Å². The van der Waals surface area contributed by atoms with Crippen LogP contribution in [0.25, 0.3) is 0 Å². The van der Waals surface area contributed by atoms with E-state index in [0.717, 1.165) is 18.5 Å². The monoisotopic (exact) mass is 465 g/mol. The van der Waals surface area contributed by atoms with Crippen molar-refractivity contribution < 1.29 is 23.9 Å². The molecule has 0 spiro atoms. The number of rotatable bonds is 8. The Hall–Kier alpha value is -3.15. The Kier molecular flexibility index (Phi) is 7.80. The van der Waals surface area contributed by atoms with Crippen molar-refractivity contribution in [3.8, 4) is 0 Å². The molecule has 0 aromatic heterocycles. The van der Waals surface area contributed by atoms with Crippen molar-refractivity contribution in [2.75, 3.05) is 18.5 Å². The van der Waals surface area contributed by atoms with Gasteiger partial charge in [0, 0.05) is 17.7 Å². The highest BCUT2D eigenvalue weighted by atomic mass is 16.6. The molecule has 0 bridgehead atoms. The van der Waals surface area contributed by atoms with E-state index >= 15 is 0 Å². The summed E-state index contributed by atoms with van der Waals surface area (Å²) < 4.78 is 10.1. The fraction of sp³-hybridized carbons (Fsp3) is 0.464. The average molecular weight is 466 g/mol. The van der Waals surface area contributed by atoms with Crippen molar-refractivity contribution in [2.45, 2.75) is 71.1 Å². The summed E-state index contributed by atoms with van der Waals surface area (Å²) >= 11 is 0. The molecule has 1 amide bonds. The number of fused-ring (bicyclic) bond motifs is 1. The van der Waals surface area contributed by atoms with Gasteiger partial charge in [-0.1, -0.05) is 40.7 Å². The van der Waals surface area contributed by atoms with E-state index in [4.69, 9.17) is 9.47 Å². The molecule has 34 heavy (non-hydrogen) atoms. The Morgan fingerprint density at radius 1 is 0.824 bits per heavy atom. The molecule has 1 aliphatic rings. The quantitative estimate of drug-likeness (QED) is 0.394. The topological polar surface area (TPSA) is 81.7 Å². The molecule has 182 valence electrons. The Balaban J connectivity index is 1.60. The minimum absolute atomic E-state index is 0.0119. The van der Waals surface area contributed by atoms with Gasteiger partial charge in [0.1, 0.15) is 13.2 Å². The number of anilines is 1. The van der Waals surface area contributed by atoms with Crippen LogP contribution in [-0.4, -0.2) is 31.1 Å². The number of ether oxygens (including phenoxy) is 2. The summed E-state index contributed by atoms with van der Waals surface area (Å²) in [6.45, 7) is 10.9. The first-order valence-corrected chi connectivity index (χ1v) is 11.9. The van der Waals surface area contributed by atoms with E-state index in [9.17, 15) is 14.4 Å². The van der Waals surface area contributed by atoms with Crippen molar-refractivity contribution in [1.29, 1.82) is 0 Å². The summed E-state index contributed by atoms with van der Waals surface area (Å²) in [5.74, 6) is -1.08. The third-order valence-corrected chi connectivity index (χ3v) is 6.53. The van der Waals surface area contributed by atoms with Crippen molar-refractivity contribution in [3.63, 3.8) is 0 Å². The van der Waals surface area contributed by atoms with Crippen molar-refractivity contribution >= 4 is 23.5 Å². The van der Waals surface area contributed by atoms with Crippen LogP contribution in [0.15, 0.2) is 42.5 Å². The van der Waals surface area contributed by atoms with Gasteiger partial charge in [-0.25, -0.2) is 4.79 Å². The van der Waals surface area contributed by atoms with Crippen LogP contribution in [0.2, 0.25) is 0 Å². The molecule has 2 aromatic rings. The predicted octanol–water partition coefficient (Wildman–Crippen LogP) is 5.79. The second kappa shape index (κ2) is 10.4. The van der Waals surface area contributed by atoms with Gasteiger partial charge in [-0.15, -0.1) is 0 Å². The lowest BCUT2D eigenvalue weighted by Gasteiger charge is -2.42. The predicted molar refractivity (Wildman–Crippen MR) is 132 cm³/mol. The van der Waals surface area contributed by atoms with Crippen LogP contribution in [0.4, 0.5) is 5.69 Å². The lowest BCUT2D eigenvalue weighted by atomic mass is 9.63. The molecule has 0 atom stereocenters. The zero-order valence-electron chi connectivity index (χ0n) is 20.8. The molecule has 2 aromatic carbocycles. The smallest absolute Gasteiger partial charge is 0.338 e. The van der Waals surface area contributed by atoms with E-state index in [1.807, 2.05) is 13.0 Å². The number of esters is 2. The molecule has 1 N–H and O–H groups in total. The summed E-state index contributed by atoms with van der Waals surface area (Å²) in [6, 6.07) is 12.5. The largest absolute Gasteiger partial charge is 0.462 e. The van der Waals surface area contributed by atoms with Gasteiger partial charge in [0.25, 0.3) is 5.91 Å². The highest BCUT2D eigenvalue weighted by Crippen LogP contribution is 2.46. The van der Waals surface area contributed by atoms with Gasteiger partial charge in [0.2, 0.25) is 0 Å². The lowest BCUT2D eigenvalue weighted by Crippen LogP contribution is -2.33. The van der Waals surface area contributed by atoms with Crippen molar-refractivity contribution in [1.82, 2.24) is 0 Å². The van der Waals surface area contributed by atoms with Gasteiger partial charge in [-0.05, 0) is 77.6 Å². The van der Waals surface area contributed by atoms with Crippen LogP contribution in [-0.2, 0) is 25.1 Å². The Labute approximate surface area is 202 Å². The molecule has 0 fully saturated rings. The van der Waals surface area contributed by atoms with E-state index < -0.39 is 5.97 Å². The van der Waals surface area contributed by atoms with Gasteiger partial charge in [0.05, 0.1) is 5.56 Å². The summed E-state index contributed by atoms with van der Waals surface area (Å²) in [5.41, 5.74) is 4.33. The molecular formula is C28H35NO5. The second-order valence-electron chi connectivity index (χ2n) is 10.2. The van der Waals surface area contributed by atoms with E-state index in [0.29, 0.717) is 24.0 Å². The number of hydrogen-bond acceptors (Lipinski definition) is 5. The van der Waals surface area contributed by atoms with Crippen LogP contribution in [0.5, 0.6) is 0 Å². The van der Waals surface area contributed by atoms with Crippen molar-refractivity contribution in [2.24, 2.45) is 0 Å². The summed E-state index contributed by atoms with van der Waals surface area (Å²) in [6.07, 6.45) is 3.29. The van der Waals surface area contributed by atoms with Gasteiger partial charge in [0.15, 0.2) is 0 Å². The number of hydrogen-bond donors (Lipinski definition) is 1. The zero-order valence-corrected chi connectivity index (χ0v) is 20.8. The van der Waals surface area contributed by atoms with Gasteiger partial charge in [-0.3, -0.25) is 9.59 Å². The molecule has 3 rings (SSSR count). The SMILES string of the molecule is CCCC(=O)OCCOC(=O)c1ccc(C(=O)Nc2ccc3c(c2)C(C)(C)CCC3(C)C)cc1. The van der Waals surface area contributed by atoms with E-state index in [1.165, 1.54) is 11.1 Å². The molecule has 6 heteroatoms. The highest BCUT2D eigenvalue weighted by Gasteiger charge is 2.37. The van der Waals surface area contributed by atoms with E-state index in [2.05, 4.69) is 45.1 Å². The highest BCUT2D eigenvalue weighted by molar-refractivity contribution is 6.05. The third-order valence-electron chi connectivity index (χ3n) is 6.53. The maximum atomic E-state index is 12.8. The second-order valence-corrected chi connectivity index (χ2v) is 10.2. The van der Waals surface area contributed by atoms with Crippen LogP contribution in [0.3, 0.4) is 0 Å². The summed E-state index contributed by atoms with van der Waals surface area (Å²) in [4.78, 5) is 36.3. The van der Waals surface area contributed by atoms with Crippen LogP contribution in [0.1, 0.15) is 92.1 Å². The van der Waals surface area contributed by atoms with Crippen LogP contribution in [0, 0.1) is 0 Å². The fourth-order valence-electron chi connectivity index (χ4n) is 4.28. The average Bonchev–Trinajstić information content (AvgIpc) is 2.80. The minimum atomic E-state index is -0.530. The molecule has 0 saturated carbocycles. The van der Waals surface area contributed by atoms with Crippen LogP contribution >= 0.6 is 0 Å². The standard InChI is InChI=1S/C28H35NO5/c1-6-7-24(30)33-16-17-34-26(32)20-10-8-19(9-11-20)25(31)29-21-12-13-22-23(18-21)28(4,5)15-14-27(22,2)3/h8-13,18H,6-7,14-17H2,1-5H3,(H,29,31). The number of benzene rings is 2. The Bertz CT molecular complexity index is 1050. The third kappa shape index (κ3) is 6.04. The van der Waals surface area contributed by atoms with Crippen molar-refractivity contribution in [3.05, 3.63) is 64.7 Å². The molecular weight excluding hydrogens is 430 g/mol. The van der Waals surface area contributed by atoms with Gasteiger partial charge in [-0.2, -0.15) is 0 Å². The Morgan fingerprint density at radius 3 is 2.06 bits per heavy atom. The summed E-state index contributed by atoms with van der Waals surface area (Å²) in [7, 11) is 0. The van der Waals surface area contributed by atoms with Gasteiger partial charge < -0.3 is 14.8 Å². The molecule has 6 nitrogen and oxygen atoms in total. The molecule has 0 saturated heterocycles. The first kappa shape index (κ1) is 25.5. The fourth-order valence-corrected chi connectivity index (χ4v) is 4.28. The van der Waals surface area contributed by atoms with E-state index in [1.54, 1.807) is 24.3 Å². The molecule has 0 aliphatic heterocycles. The lowest BCUT2D eigenvalue weighted by molar-refractivity contribution is -0.144. The normalized spacial score (nSPS) is 15.7. The maximum Gasteiger partial charge on any atom is 0.338 e. The first-order valence-electron chi connectivity index (χ1n) is 11.9. The molecule has 0 heterocycles. The van der Waals surface area contributed by atoms with E-state index in [-0.39, 0.29) is 35.9 Å². The molecule has 0 unspecified atom stereocenters. The maximum absolute atomic E-state index is 12.8. The summed E-state index contributed by atoms with van der Waals surface area (Å²) in [5, 5.41) is 2.98. The molecule has 0 radical (unpaired) electrons. The Morgan fingerprint density at radius 2 is 1.41 bits per heavy atom. The number of amides is 1. The molecule has 1 aliphatic carbocycles. The number of nitrogens with one attached hydrogen (secondary N) is 1. The van der Waals surface area contributed by atoms with Crippen LogP contribution < -0.4 is 5.32 Å². The minimum Gasteiger partial charge on any atom is -0.462 e. The first-order chi connectivity index (χ1) is 16.0. The zero-order chi connectivity index (χ0) is 24.9. The number of carbonyl (C=O) groups excluding carboxylic acids is 3. The number of carbonyl (C=O) groups is 3.